The van der Waals surface area contributed by atoms with Crippen molar-refractivity contribution in [3.05, 3.63) is 12.7 Å². The van der Waals surface area contributed by atoms with E-state index in [9.17, 15) is 4.79 Å². The fraction of sp³-hybridized carbons (Fsp3) is 0.727. The van der Waals surface area contributed by atoms with Crippen LogP contribution in [0.15, 0.2) is 12.7 Å². The molecule has 13 heavy (non-hydrogen) atoms. The Morgan fingerprint density at radius 3 is 2.46 bits per heavy atom. The van der Waals surface area contributed by atoms with E-state index in [1.54, 1.807) is 0 Å². The van der Waals surface area contributed by atoms with Crippen molar-refractivity contribution in [2.75, 3.05) is 0 Å². The van der Waals surface area contributed by atoms with Gasteiger partial charge in [-0.1, -0.05) is 19.4 Å². The Kier molecular flexibility index (Phi) is 2.38. The highest BCUT2D eigenvalue weighted by Crippen LogP contribution is 2.41. The van der Waals surface area contributed by atoms with E-state index in [1.165, 1.54) is 38.2 Å². The summed E-state index contributed by atoms with van der Waals surface area (Å²) in [5.41, 5.74) is 0. The van der Waals surface area contributed by atoms with Crippen LogP contribution in [-0.2, 0) is 4.79 Å². The van der Waals surface area contributed by atoms with Crippen LogP contribution in [0, 0.1) is 11.8 Å². The summed E-state index contributed by atoms with van der Waals surface area (Å²) in [5.74, 6) is 1.62. The molecule has 3 saturated carbocycles. The van der Waals surface area contributed by atoms with E-state index >= 15 is 0 Å². The van der Waals surface area contributed by atoms with Gasteiger partial charge in [-0.25, -0.2) is 0 Å². The third kappa shape index (κ3) is 1.77. The zero-order chi connectivity index (χ0) is 9.26. The average Bonchev–Trinajstić information content (AvgIpc) is 2.19. The van der Waals surface area contributed by atoms with Gasteiger partial charge in [0.25, 0.3) is 0 Å². The monoisotopic (exact) mass is 179 g/mol. The predicted octanol–water partition coefficient (Wildman–Crippen LogP) is 1.87. The Balaban J connectivity index is 1.93. The topological polar surface area (TPSA) is 29.1 Å². The van der Waals surface area contributed by atoms with E-state index in [2.05, 4.69) is 11.9 Å². The van der Waals surface area contributed by atoms with Gasteiger partial charge in [-0.2, -0.15) is 0 Å². The molecule has 0 spiro atoms. The summed E-state index contributed by atoms with van der Waals surface area (Å²) < 4.78 is 0. The number of fused-ring (bicyclic) bond motifs is 3. The van der Waals surface area contributed by atoms with Crippen LogP contribution >= 0.6 is 0 Å². The van der Waals surface area contributed by atoms with Gasteiger partial charge in [0.15, 0.2) is 0 Å². The van der Waals surface area contributed by atoms with Gasteiger partial charge in [-0.15, -0.1) is 0 Å². The van der Waals surface area contributed by atoms with Crippen molar-refractivity contribution in [1.29, 1.82) is 0 Å². The Bertz CT molecular complexity index is 216. The van der Waals surface area contributed by atoms with Crippen molar-refractivity contribution in [1.82, 2.24) is 5.32 Å². The van der Waals surface area contributed by atoms with E-state index in [1.807, 2.05) is 0 Å². The van der Waals surface area contributed by atoms with Crippen molar-refractivity contribution >= 4 is 5.91 Å². The normalized spacial score (nSPS) is 37.1. The highest BCUT2D eigenvalue weighted by atomic mass is 16.1. The zero-order valence-electron chi connectivity index (χ0n) is 7.96. The first kappa shape index (κ1) is 8.79. The maximum atomic E-state index is 11.1. The Morgan fingerprint density at radius 2 is 2.00 bits per heavy atom. The first-order chi connectivity index (χ1) is 6.29. The molecule has 3 aliphatic carbocycles. The molecule has 0 heterocycles. The first-order valence-corrected chi connectivity index (χ1v) is 5.22. The molecule has 1 N–H and O–H groups in total. The molecule has 0 aromatic rings. The summed E-state index contributed by atoms with van der Waals surface area (Å²) in [7, 11) is 0. The fourth-order valence-electron chi connectivity index (χ4n) is 2.80. The van der Waals surface area contributed by atoms with E-state index < -0.39 is 0 Å². The molecular weight excluding hydrogens is 162 g/mol. The largest absolute Gasteiger partial charge is 0.350 e. The molecule has 3 aliphatic rings. The van der Waals surface area contributed by atoms with Gasteiger partial charge < -0.3 is 5.32 Å². The van der Waals surface area contributed by atoms with Crippen molar-refractivity contribution < 1.29 is 4.79 Å². The summed E-state index contributed by atoms with van der Waals surface area (Å²) in [5, 5.41) is 3.04. The summed E-state index contributed by atoms with van der Waals surface area (Å²) >= 11 is 0. The number of carbonyl (C=O) groups is 1. The molecule has 1 unspecified atom stereocenters. The first-order valence-electron chi connectivity index (χ1n) is 5.22. The van der Waals surface area contributed by atoms with Gasteiger partial charge in [0.2, 0.25) is 5.91 Å². The molecule has 3 fully saturated rings. The van der Waals surface area contributed by atoms with Gasteiger partial charge >= 0.3 is 0 Å². The molecule has 1 atom stereocenters. The van der Waals surface area contributed by atoms with Crippen molar-refractivity contribution in [2.45, 2.75) is 38.1 Å². The van der Waals surface area contributed by atoms with Crippen molar-refractivity contribution in [2.24, 2.45) is 11.8 Å². The van der Waals surface area contributed by atoms with Crippen molar-refractivity contribution in [3.63, 3.8) is 0 Å². The molecule has 0 aliphatic heterocycles. The molecule has 2 bridgehead atoms. The standard InChI is InChI=1S/C11H17NO/c1-2-11(13)12-10-7-8-3-5-9(10)6-4-8/h2,8-10H,1,3-7H2,(H,12,13). The number of hydrogen-bond donors (Lipinski definition) is 1. The number of carbonyl (C=O) groups excluding carboxylic acids is 1. The fourth-order valence-corrected chi connectivity index (χ4v) is 2.80. The van der Waals surface area contributed by atoms with E-state index in [-0.39, 0.29) is 5.91 Å². The number of nitrogens with one attached hydrogen (secondary N) is 1. The molecule has 1 amide bonds. The Labute approximate surface area is 79.4 Å². The summed E-state index contributed by atoms with van der Waals surface area (Å²) in [4.78, 5) is 11.1. The van der Waals surface area contributed by atoms with Gasteiger partial charge in [-0.3, -0.25) is 4.79 Å². The van der Waals surface area contributed by atoms with Gasteiger partial charge in [-0.05, 0) is 37.2 Å². The van der Waals surface area contributed by atoms with Crippen LogP contribution in [-0.4, -0.2) is 11.9 Å². The van der Waals surface area contributed by atoms with E-state index in [0.29, 0.717) is 6.04 Å². The number of rotatable bonds is 2. The summed E-state index contributed by atoms with van der Waals surface area (Å²) in [6, 6.07) is 0.443. The lowest BCUT2D eigenvalue weighted by Crippen LogP contribution is -2.46. The molecular formula is C11H17NO. The van der Waals surface area contributed by atoms with E-state index in [4.69, 9.17) is 0 Å². The van der Waals surface area contributed by atoms with Crippen LogP contribution in [0.1, 0.15) is 32.1 Å². The van der Waals surface area contributed by atoms with Gasteiger partial charge in [0, 0.05) is 6.04 Å². The highest BCUT2D eigenvalue weighted by molar-refractivity contribution is 5.87. The third-order valence-electron chi connectivity index (χ3n) is 3.56. The molecule has 72 valence electrons. The minimum atomic E-state index is -0.00227. The minimum Gasteiger partial charge on any atom is -0.350 e. The zero-order valence-corrected chi connectivity index (χ0v) is 7.96. The van der Waals surface area contributed by atoms with Crippen molar-refractivity contribution in [3.8, 4) is 0 Å². The Hall–Kier alpha value is -0.790. The second-order valence-electron chi connectivity index (χ2n) is 4.34. The lowest BCUT2D eigenvalue weighted by Gasteiger charge is -2.42. The molecule has 3 rings (SSSR count). The predicted molar refractivity (Wildman–Crippen MR) is 52.2 cm³/mol. The van der Waals surface area contributed by atoms with Crippen LogP contribution in [0.4, 0.5) is 0 Å². The number of amides is 1. The number of hydrogen-bond acceptors (Lipinski definition) is 1. The minimum absolute atomic E-state index is 0.00227. The lowest BCUT2D eigenvalue weighted by atomic mass is 9.68. The highest BCUT2D eigenvalue weighted by Gasteiger charge is 2.35. The van der Waals surface area contributed by atoms with Crippen LogP contribution < -0.4 is 5.32 Å². The van der Waals surface area contributed by atoms with E-state index in [0.717, 1.165) is 11.8 Å². The molecule has 0 saturated heterocycles. The molecule has 2 heteroatoms. The smallest absolute Gasteiger partial charge is 0.243 e. The third-order valence-corrected chi connectivity index (χ3v) is 3.56. The molecule has 0 radical (unpaired) electrons. The average molecular weight is 179 g/mol. The SMILES string of the molecule is C=CC(=O)NC1CC2CCC1CC2. The summed E-state index contributed by atoms with van der Waals surface area (Å²) in [6.07, 6.45) is 7.96. The maximum Gasteiger partial charge on any atom is 0.243 e. The van der Waals surface area contributed by atoms with Gasteiger partial charge in [0.05, 0.1) is 0 Å². The lowest BCUT2D eigenvalue weighted by molar-refractivity contribution is -0.118. The molecule has 0 aromatic heterocycles. The van der Waals surface area contributed by atoms with Crippen LogP contribution in [0.5, 0.6) is 0 Å². The Morgan fingerprint density at radius 1 is 1.31 bits per heavy atom. The van der Waals surface area contributed by atoms with Crippen LogP contribution in [0.2, 0.25) is 0 Å². The second kappa shape index (κ2) is 3.52. The summed E-state index contributed by atoms with van der Waals surface area (Å²) in [6.45, 7) is 3.48. The van der Waals surface area contributed by atoms with Crippen LogP contribution in [0.25, 0.3) is 0 Å². The molecule has 2 nitrogen and oxygen atoms in total. The van der Waals surface area contributed by atoms with Gasteiger partial charge in [0.1, 0.15) is 0 Å². The van der Waals surface area contributed by atoms with Crippen LogP contribution in [0.3, 0.4) is 0 Å². The second-order valence-corrected chi connectivity index (χ2v) is 4.34. The quantitative estimate of drug-likeness (QED) is 0.644. The molecule has 0 aromatic carbocycles. The maximum absolute atomic E-state index is 11.1.